The molecule has 4 rings (SSSR count). The van der Waals surface area contributed by atoms with Gasteiger partial charge in [-0.2, -0.15) is 4.52 Å². The topological polar surface area (TPSA) is 96.7 Å². The fourth-order valence-corrected chi connectivity index (χ4v) is 4.00. The lowest BCUT2D eigenvalue weighted by Crippen LogP contribution is -2.49. The maximum atomic E-state index is 12.6. The van der Waals surface area contributed by atoms with Gasteiger partial charge in [-0.05, 0) is 30.7 Å². The van der Waals surface area contributed by atoms with Gasteiger partial charge >= 0.3 is 0 Å². The summed E-state index contributed by atoms with van der Waals surface area (Å²) in [6.45, 7) is 4.82. The summed E-state index contributed by atoms with van der Waals surface area (Å²) in [5.74, 6) is 1.52. The maximum Gasteiger partial charge on any atom is 0.260 e. The Morgan fingerprint density at radius 1 is 1.42 bits per heavy atom. The van der Waals surface area contributed by atoms with Gasteiger partial charge in [0.15, 0.2) is 12.3 Å². The number of likely N-dealkylation sites (tertiary alicyclic amines) is 1. The zero-order valence-electron chi connectivity index (χ0n) is 15.0. The van der Waals surface area contributed by atoms with E-state index in [9.17, 15) is 4.79 Å². The van der Waals surface area contributed by atoms with Gasteiger partial charge in [0.2, 0.25) is 5.88 Å². The first-order valence-electron chi connectivity index (χ1n) is 9.30. The number of carbonyl (C=O) groups excluding carboxylic acids is 1. The van der Waals surface area contributed by atoms with Gasteiger partial charge in [0.25, 0.3) is 5.91 Å². The summed E-state index contributed by atoms with van der Waals surface area (Å²) in [6, 6.07) is 3.91. The Labute approximate surface area is 152 Å². The largest absolute Gasteiger partial charge is 0.467 e. The first kappa shape index (κ1) is 17.2. The predicted octanol–water partition coefficient (Wildman–Crippen LogP) is 0.244. The standard InChI is InChI=1S/C17H25N7O2/c1-2-12-8-18-21-17(12)13-4-3-7-23(9-13)16(25)10-26-15-6-5-14-20-19-11-24(14)22-15/h5-6,11-13,17-18,21H,2-4,7-10H2,1H3. The zero-order valence-corrected chi connectivity index (χ0v) is 15.0. The van der Waals surface area contributed by atoms with Gasteiger partial charge in [-0.15, -0.1) is 15.3 Å². The van der Waals surface area contributed by atoms with Crippen LogP contribution in [-0.4, -0.2) is 62.9 Å². The van der Waals surface area contributed by atoms with E-state index >= 15 is 0 Å². The van der Waals surface area contributed by atoms with Crippen molar-refractivity contribution in [2.45, 2.75) is 32.2 Å². The first-order valence-corrected chi connectivity index (χ1v) is 9.30. The second-order valence-corrected chi connectivity index (χ2v) is 7.06. The Balaban J connectivity index is 1.33. The van der Waals surface area contributed by atoms with Crippen LogP contribution < -0.4 is 15.6 Å². The van der Waals surface area contributed by atoms with Gasteiger partial charge in [-0.3, -0.25) is 15.6 Å². The zero-order chi connectivity index (χ0) is 17.9. The third-order valence-corrected chi connectivity index (χ3v) is 5.46. The molecule has 0 aliphatic carbocycles. The second-order valence-electron chi connectivity index (χ2n) is 7.06. The van der Waals surface area contributed by atoms with Crippen LogP contribution in [0.3, 0.4) is 0 Å². The molecule has 4 heterocycles. The molecule has 9 heteroatoms. The predicted molar refractivity (Wildman–Crippen MR) is 94.3 cm³/mol. The van der Waals surface area contributed by atoms with Gasteiger partial charge in [-0.1, -0.05) is 13.3 Å². The van der Waals surface area contributed by atoms with E-state index < -0.39 is 0 Å². The van der Waals surface area contributed by atoms with Gasteiger partial charge in [0.05, 0.1) is 0 Å². The molecule has 140 valence electrons. The number of ether oxygens (including phenoxy) is 1. The number of hydrogen-bond donors (Lipinski definition) is 2. The van der Waals surface area contributed by atoms with E-state index in [0.29, 0.717) is 29.4 Å². The molecule has 0 radical (unpaired) electrons. The van der Waals surface area contributed by atoms with E-state index in [1.165, 1.54) is 10.8 Å². The van der Waals surface area contributed by atoms with E-state index in [-0.39, 0.29) is 12.5 Å². The van der Waals surface area contributed by atoms with Crippen LogP contribution in [0.2, 0.25) is 0 Å². The summed E-state index contributed by atoms with van der Waals surface area (Å²) in [4.78, 5) is 14.5. The molecule has 0 saturated carbocycles. The average molecular weight is 359 g/mol. The van der Waals surface area contributed by atoms with Gasteiger partial charge < -0.3 is 9.64 Å². The van der Waals surface area contributed by atoms with Crippen molar-refractivity contribution < 1.29 is 9.53 Å². The van der Waals surface area contributed by atoms with Crippen molar-refractivity contribution in [1.29, 1.82) is 0 Å². The van der Waals surface area contributed by atoms with Crippen molar-refractivity contribution >= 4 is 11.6 Å². The fourth-order valence-electron chi connectivity index (χ4n) is 4.00. The van der Waals surface area contributed by atoms with Gasteiger partial charge in [-0.25, -0.2) is 0 Å². The van der Waals surface area contributed by atoms with E-state index in [0.717, 1.165) is 38.9 Å². The molecule has 2 aromatic rings. The van der Waals surface area contributed by atoms with Crippen LogP contribution in [0, 0.1) is 11.8 Å². The van der Waals surface area contributed by atoms with Crippen LogP contribution in [0.1, 0.15) is 26.2 Å². The Bertz CT molecular complexity index is 764. The molecule has 2 aliphatic rings. The Kier molecular flexibility index (Phi) is 4.98. The number of amides is 1. The highest BCUT2D eigenvalue weighted by atomic mass is 16.5. The Morgan fingerprint density at radius 2 is 2.35 bits per heavy atom. The molecule has 3 atom stereocenters. The number of nitrogens with one attached hydrogen (secondary N) is 2. The van der Waals surface area contributed by atoms with Gasteiger partial charge in [0, 0.05) is 31.7 Å². The quantitative estimate of drug-likeness (QED) is 0.789. The molecular weight excluding hydrogens is 334 g/mol. The highest BCUT2D eigenvalue weighted by Gasteiger charge is 2.36. The molecule has 26 heavy (non-hydrogen) atoms. The van der Waals surface area contributed by atoms with E-state index in [1.54, 1.807) is 12.1 Å². The van der Waals surface area contributed by atoms with Crippen molar-refractivity contribution in [3.8, 4) is 5.88 Å². The number of rotatable bonds is 5. The molecule has 2 aromatic heterocycles. The summed E-state index contributed by atoms with van der Waals surface area (Å²) in [5, 5.41) is 11.9. The average Bonchev–Trinajstić information content (AvgIpc) is 3.34. The summed E-state index contributed by atoms with van der Waals surface area (Å²) in [6.07, 6.45) is 4.85. The number of fused-ring (bicyclic) bond motifs is 1. The maximum absolute atomic E-state index is 12.6. The molecule has 2 N–H and O–H groups in total. The second kappa shape index (κ2) is 7.55. The van der Waals surface area contributed by atoms with Crippen LogP contribution in [0.15, 0.2) is 18.5 Å². The fraction of sp³-hybridized carbons (Fsp3) is 0.647. The molecule has 2 saturated heterocycles. The lowest BCUT2D eigenvalue weighted by atomic mass is 9.83. The lowest BCUT2D eigenvalue weighted by Gasteiger charge is -2.37. The van der Waals surface area contributed by atoms with Crippen LogP contribution in [0.25, 0.3) is 5.65 Å². The lowest BCUT2D eigenvalue weighted by molar-refractivity contribution is -0.135. The Morgan fingerprint density at radius 3 is 3.23 bits per heavy atom. The van der Waals surface area contributed by atoms with Crippen molar-refractivity contribution in [1.82, 2.24) is 35.6 Å². The molecule has 3 unspecified atom stereocenters. The summed E-state index contributed by atoms with van der Waals surface area (Å²) < 4.78 is 7.12. The number of nitrogens with zero attached hydrogens (tertiary/aromatic N) is 5. The SMILES string of the molecule is CCC1CNNC1C1CCCN(C(=O)COc2ccc3nncn3n2)C1. The van der Waals surface area contributed by atoms with Crippen molar-refractivity contribution in [2.75, 3.05) is 26.2 Å². The number of aromatic nitrogens is 4. The number of hydrogen-bond acceptors (Lipinski definition) is 7. The molecule has 0 bridgehead atoms. The highest BCUT2D eigenvalue weighted by Crippen LogP contribution is 2.27. The molecule has 2 aliphatic heterocycles. The third kappa shape index (κ3) is 3.49. The minimum absolute atomic E-state index is 0.000897. The van der Waals surface area contributed by atoms with Crippen molar-refractivity contribution in [3.05, 3.63) is 18.5 Å². The number of carbonyl (C=O) groups is 1. The van der Waals surface area contributed by atoms with Crippen molar-refractivity contribution in [3.63, 3.8) is 0 Å². The summed E-state index contributed by atoms with van der Waals surface area (Å²) in [5.41, 5.74) is 7.33. The Hall–Kier alpha value is -2.26. The third-order valence-electron chi connectivity index (χ3n) is 5.46. The van der Waals surface area contributed by atoms with E-state index in [1.807, 2.05) is 4.90 Å². The molecule has 9 nitrogen and oxygen atoms in total. The van der Waals surface area contributed by atoms with E-state index in [2.05, 4.69) is 33.1 Å². The molecule has 0 aromatic carbocycles. The van der Waals surface area contributed by atoms with Crippen LogP contribution in [0.5, 0.6) is 5.88 Å². The molecule has 0 spiro atoms. The smallest absolute Gasteiger partial charge is 0.260 e. The highest BCUT2D eigenvalue weighted by molar-refractivity contribution is 5.77. The number of hydrazine groups is 1. The van der Waals surface area contributed by atoms with Crippen LogP contribution >= 0.6 is 0 Å². The summed E-state index contributed by atoms with van der Waals surface area (Å²) in [7, 11) is 0. The molecule has 2 fully saturated rings. The normalized spacial score (nSPS) is 26.3. The van der Waals surface area contributed by atoms with Crippen LogP contribution in [-0.2, 0) is 4.79 Å². The molecule has 1 amide bonds. The minimum Gasteiger partial charge on any atom is -0.467 e. The van der Waals surface area contributed by atoms with Gasteiger partial charge in [0.1, 0.15) is 6.33 Å². The number of piperidine rings is 1. The summed E-state index contributed by atoms with van der Waals surface area (Å²) >= 11 is 0. The molecular formula is C17H25N7O2. The van der Waals surface area contributed by atoms with E-state index in [4.69, 9.17) is 4.74 Å². The van der Waals surface area contributed by atoms with Crippen LogP contribution in [0.4, 0.5) is 0 Å². The monoisotopic (exact) mass is 359 g/mol. The first-order chi connectivity index (χ1) is 12.7. The minimum atomic E-state index is 0.000897. The van der Waals surface area contributed by atoms with Crippen molar-refractivity contribution in [2.24, 2.45) is 11.8 Å².